The lowest BCUT2D eigenvalue weighted by atomic mass is 10.00. The van der Waals surface area contributed by atoms with Crippen molar-refractivity contribution in [2.45, 2.75) is 18.1 Å². The van der Waals surface area contributed by atoms with Gasteiger partial charge in [-0.15, -0.1) is 10.2 Å². The number of halogens is 1. The van der Waals surface area contributed by atoms with Crippen molar-refractivity contribution in [3.63, 3.8) is 0 Å². The molecule has 5 nitrogen and oxygen atoms in total. The fourth-order valence-electron chi connectivity index (χ4n) is 3.44. The van der Waals surface area contributed by atoms with Crippen molar-refractivity contribution in [2.24, 2.45) is 7.05 Å². The van der Waals surface area contributed by atoms with Crippen LogP contribution in [-0.4, -0.2) is 26.4 Å². The van der Waals surface area contributed by atoms with Crippen LogP contribution in [0.5, 0.6) is 0 Å². The highest BCUT2D eigenvalue weighted by Gasteiger charge is 2.17. The molecule has 1 heterocycles. The minimum absolute atomic E-state index is 0.101. The lowest BCUT2D eigenvalue weighted by Crippen LogP contribution is -2.28. The Bertz CT molecular complexity index is 1200. The van der Waals surface area contributed by atoms with E-state index in [9.17, 15) is 9.18 Å². The van der Waals surface area contributed by atoms with E-state index in [4.69, 9.17) is 0 Å². The Labute approximate surface area is 178 Å². The maximum absolute atomic E-state index is 14.0. The molecule has 0 bridgehead atoms. The van der Waals surface area contributed by atoms with Crippen LogP contribution in [0.3, 0.4) is 0 Å². The highest BCUT2D eigenvalue weighted by atomic mass is 32.2. The Morgan fingerprint density at radius 1 is 1.07 bits per heavy atom. The minimum atomic E-state index is -0.355. The first-order valence-corrected chi connectivity index (χ1v) is 10.6. The van der Waals surface area contributed by atoms with Crippen molar-refractivity contribution >= 4 is 28.4 Å². The van der Waals surface area contributed by atoms with Crippen molar-refractivity contribution in [1.82, 2.24) is 20.1 Å². The molecule has 0 saturated heterocycles. The zero-order chi connectivity index (χ0) is 21.1. The third kappa shape index (κ3) is 4.07. The molecule has 0 fully saturated rings. The first kappa shape index (κ1) is 20.1. The fourth-order valence-corrected chi connectivity index (χ4v) is 4.16. The molecule has 152 valence electrons. The van der Waals surface area contributed by atoms with Gasteiger partial charge in [-0.05, 0) is 35.4 Å². The Morgan fingerprint density at radius 3 is 2.63 bits per heavy atom. The molecule has 1 atom stereocenters. The van der Waals surface area contributed by atoms with Gasteiger partial charge in [0.15, 0.2) is 11.0 Å². The molecule has 7 heteroatoms. The zero-order valence-electron chi connectivity index (χ0n) is 16.7. The first-order chi connectivity index (χ1) is 14.5. The summed E-state index contributed by atoms with van der Waals surface area (Å²) in [6, 6.07) is 20.5. The molecule has 0 saturated carbocycles. The number of hydrogen-bond donors (Lipinski definition) is 1. The predicted molar refractivity (Wildman–Crippen MR) is 118 cm³/mol. The second-order valence-electron chi connectivity index (χ2n) is 6.99. The number of rotatable bonds is 6. The summed E-state index contributed by atoms with van der Waals surface area (Å²) in [7, 11) is 1.76. The zero-order valence-corrected chi connectivity index (χ0v) is 17.5. The molecule has 0 radical (unpaired) electrons. The van der Waals surface area contributed by atoms with Gasteiger partial charge in [0.05, 0.1) is 17.4 Å². The standard InChI is InChI=1S/C23H21FN4OS/c1-15(17-12-7-9-16-8-3-4-10-18(16)17)25-21(29)14-30-23-27-26-22(28(23)2)19-11-5-6-13-20(19)24/h3-13,15H,14H2,1-2H3,(H,25,29). The second kappa shape index (κ2) is 8.67. The minimum Gasteiger partial charge on any atom is -0.349 e. The average molecular weight is 421 g/mol. The largest absolute Gasteiger partial charge is 0.349 e. The van der Waals surface area contributed by atoms with E-state index in [-0.39, 0.29) is 23.5 Å². The summed E-state index contributed by atoms with van der Waals surface area (Å²) in [6.45, 7) is 1.98. The highest BCUT2D eigenvalue weighted by molar-refractivity contribution is 7.99. The van der Waals surface area contributed by atoms with Gasteiger partial charge >= 0.3 is 0 Å². The Hall–Kier alpha value is -3.19. The van der Waals surface area contributed by atoms with Gasteiger partial charge in [-0.3, -0.25) is 4.79 Å². The second-order valence-corrected chi connectivity index (χ2v) is 7.93. The average Bonchev–Trinajstić information content (AvgIpc) is 3.12. The van der Waals surface area contributed by atoms with Crippen LogP contribution in [0, 0.1) is 5.82 Å². The van der Waals surface area contributed by atoms with Gasteiger partial charge in [0.25, 0.3) is 0 Å². The van der Waals surface area contributed by atoms with E-state index in [2.05, 4.69) is 33.7 Å². The summed E-state index contributed by atoms with van der Waals surface area (Å²) in [5.74, 6) is 0.167. The van der Waals surface area contributed by atoms with Gasteiger partial charge in [-0.2, -0.15) is 0 Å². The summed E-state index contributed by atoms with van der Waals surface area (Å²) in [4.78, 5) is 12.5. The van der Waals surface area contributed by atoms with Crippen LogP contribution in [-0.2, 0) is 11.8 Å². The summed E-state index contributed by atoms with van der Waals surface area (Å²) in [5, 5.41) is 14.1. The molecule has 1 amide bonds. The fraction of sp³-hybridized carbons (Fsp3) is 0.174. The molecule has 4 aromatic rings. The third-order valence-corrected chi connectivity index (χ3v) is 5.97. The van der Waals surface area contributed by atoms with E-state index in [1.807, 2.05) is 31.2 Å². The van der Waals surface area contributed by atoms with Crippen LogP contribution in [0.2, 0.25) is 0 Å². The number of amides is 1. The maximum Gasteiger partial charge on any atom is 0.230 e. The summed E-state index contributed by atoms with van der Waals surface area (Å²) in [5.41, 5.74) is 1.46. The maximum atomic E-state index is 14.0. The van der Waals surface area contributed by atoms with Crippen molar-refractivity contribution in [3.8, 4) is 11.4 Å². The molecular formula is C23H21FN4OS. The predicted octanol–water partition coefficient (Wildman–Crippen LogP) is 4.74. The molecule has 0 aliphatic rings. The number of hydrogen-bond acceptors (Lipinski definition) is 4. The van der Waals surface area contributed by atoms with Crippen molar-refractivity contribution < 1.29 is 9.18 Å². The monoisotopic (exact) mass is 420 g/mol. The van der Waals surface area contributed by atoms with E-state index in [0.29, 0.717) is 16.5 Å². The SMILES string of the molecule is CC(NC(=O)CSc1nnc(-c2ccccc2F)n1C)c1cccc2ccccc12. The van der Waals surface area contributed by atoms with Crippen molar-refractivity contribution in [2.75, 3.05) is 5.75 Å². The number of nitrogens with zero attached hydrogens (tertiary/aromatic N) is 3. The van der Waals surface area contributed by atoms with Crippen LogP contribution in [0.1, 0.15) is 18.5 Å². The van der Waals surface area contributed by atoms with E-state index in [1.165, 1.54) is 17.8 Å². The molecule has 1 aromatic heterocycles. The van der Waals surface area contributed by atoms with Crippen LogP contribution >= 0.6 is 11.8 Å². The number of fused-ring (bicyclic) bond motifs is 1. The van der Waals surface area contributed by atoms with E-state index in [1.54, 1.807) is 29.8 Å². The van der Waals surface area contributed by atoms with Gasteiger partial charge < -0.3 is 9.88 Å². The number of aromatic nitrogens is 3. The van der Waals surface area contributed by atoms with Crippen LogP contribution < -0.4 is 5.32 Å². The normalized spacial score (nSPS) is 12.1. The number of nitrogens with one attached hydrogen (secondary N) is 1. The third-order valence-electron chi connectivity index (χ3n) is 4.95. The molecule has 4 rings (SSSR count). The topological polar surface area (TPSA) is 59.8 Å². The molecule has 3 aromatic carbocycles. The van der Waals surface area contributed by atoms with Gasteiger partial charge in [0.1, 0.15) is 5.82 Å². The van der Waals surface area contributed by atoms with Crippen LogP contribution in [0.15, 0.2) is 71.9 Å². The molecular weight excluding hydrogens is 399 g/mol. The summed E-state index contributed by atoms with van der Waals surface area (Å²) in [6.07, 6.45) is 0. The molecule has 0 aliphatic carbocycles. The smallest absolute Gasteiger partial charge is 0.230 e. The first-order valence-electron chi connectivity index (χ1n) is 9.58. The lowest BCUT2D eigenvalue weighted by Gasteiger charge is -2.16. The Kier molecular flexibility index (Phi) is 5.81. The van der Waals surface area contributed by atoms with E-state index < -0.39 is 0 Å². The van der Waals surface area contributed by atoms with E-state index in [0.717, 1.165) is 16.3 Å². The van der Waals surface area contributed by atoms with Gasteiger partial charge in [-0.1, -0.05) is 66.4 Å². The van der Waals surface area contributed by atoms with Crippen LogP contribution in [0.4, 0.5) is 4.39 Å². The van der Waals surface area contributed by atoms with Crippen molar-refractivity contribution in [3.05, 3.63) is 78.1 Å². The quantitative estimate of drug-likeness (QED) is 0.458. The van der Waals surface area contributed by atoms with Gasteiger partial charge in [0.2, 0.25) is 5.91 Å². The molecule has 1 N–H and O–H groups in total. The van der Waals surface area contributed by atoms with Crippen molar-refractivity contribution in [1.29, 1.82) is 0 Å². The van der Waals surface area contributed by atoms with E-state index >= 15 is 0 Å². The van der Waals surface area contributed by atoms with Crippen LogP contribution in [0.25, 0.3) is 22.2 Å². The summed E-state index contributed by atoms with van der Waals surface area (Å²) >= 11 is 1.27. The number of carbonyl (C=O) groups is 1. The number of thioether (sulfide) groups is 1. The summed E-state index contributed by atoms with van der Waals surface area (Å²) < 4.78 is 15.7. The Morgan fingerprint density at radius 2 is 1.80 bits per heavy atom. The number of benzene rings is 3. The number of carbonyl (C=O) groups excluding carboxylic acids is 1. The molecule has 0 spiro atoms. The lowest BCUT2D eigenvalue weighted by molar-refractivity contribution is -0.119. The van der Waals surface area contributed by atoms with Gasteiger partial charge in [0, 0.05) is 7.05 Å². The molecule has 1 unspecified atom stereocenters. The highest BCUT2D eigenvalue weighted by Crippen LogP contribution is 2.26. The Balaban J connectivity index is 1.42. The van der Waals surface area contributed by atoms with Gasteiger partial charge in [-0.25, -0.2) is 4.39 Å². The molecule has 0 aliphatic heterocycles. The molecule has 30 heavy (non-hydrogen) atoms.